The van der Waals surface area contributed by atoms with Gasteiger partial charge in [-0.15, -0.1) is 11.8 Å². The van der Waals surface area contributed by atoms with Gasteiger partial charge >= 0.3 is 6.18 Å². The van der Waals surface area contributed by atoms with Gasteiger partial charge in [0.1, 0.15) is 0 Å². The number of hydrogen-bond acceptors (Lipinski definition) is 2. The molecular formula is C12H14F3NS. The van der Waals surface area contributed by atoms with Crippen LogP contribution >= 0.6 is 11.8 Å². The maximum atomic E-state index is 12.9. The fraction of sp³-hybridized carbons (Fsp3) is 0.500. The molecule has 1 aromatic rings. The highest BCUT2D eigenvalue weighted by Gasteiger charge is 2.36. The van der Waals surface area contributed by atoms with Crippen LogP contribution in [-0.2, 0) is 6.18 Å². The van der Waals surface area contributed by atoms with Crippen LogP contribution < -0.4 is 5.32 Å². The lowest BCUT2D eigenvalue weighted by molar-refractivity contribution is -0.139. The second kappa shape index (κ2) is 4.12. The molecule has 94 valence electrons. The van der Waals surface area contributed by atoms with E-state index in [4.69, 9.17) is 0 Å². The first-order chi connectivity index (χ1) is 7.80. The van der Waals surface area contributed by atoms with Gasteiger partial charge in [0, 0.05) is 22.9 Å². The van der Waals surface area contributed by atoms with Gasteiger partial charge in [-0.1, -0.05) is 19.9 Å². The number of halogens is 3. The Morgan fingerprint density at radius 3 is 2.65 bits per heavy atom. The smallest absolute Gasteiger partial charge is 0.384 e. The minimum absolute atomic E-state index is 0.00739. The Morgan fingerprint density at radius 2 is 2.00 bits per heavy atom. The molecule has 0 amide bonds. The van der Waals surface area contributed by atoms with E-state index < -0.39 is 11.7 Å². The zero-order valence-electron chi connectivity index (χ0n) is 9.69. The van der Waals surface area contributed by atoms with Gasteiger partial charge < -0.3 is 5.32 Å². The normalized spacial score (nSPS) is 19.1. The highest BCUT2D eigenvalue weighted by Crippen LogP contribution is 2.44. The summed E-state index contributed by atoms with van der Waals surface area (Å²) in [5.41, 5.74) is 0.0487. The van der Waals surface area contributed by atoms with E-state index in [2.05, 4.69) is 5.32 Å². The van der Waals surface area contributed by atoms with Crippen LogP contribution in [0.2, 0.25) is 0 Å². The highest BCUT2D eigenvalue weighted by atomic mass is 32.2. The molecule has 1 nitrogen and oxygen atoms in total. The summed E-state index contributed by atoms with van der Waals surface area (Å²) in [5.74, 6) is 0.681. The largest absolute Gasteiger partial charge is 0.417 e. The van der Waals surface area contributed by atoms with Crippen LogP contribution in [-0.4, -0.2) is 12.3 Å². The maximum Gasteiger partial charge on any atom is 0.417 e. The Bertz CT molecular complexity index is 426. The van der Waals surface area contributed by atoms with Crippen LogP contribution in [0.15, 0.2) is 23.1 Å². The Balaban J connectivity index is 2.43. The van der Waals surface area contributed by atoms with Gasteiger partial charge in [0.15, 0.2) is 0 Å². The summed E-state index contributed by atoms with van der Waals surface area (Å²) < 4.78 is 38.6. The van der Waals surface area contributed by atoms with Crippen LogP contribution in [0.3, 0.4) is 0 Å². The van der Waals surface area contributed by atoms with Crippen molar-refractivity contribution in [2.45, 2.75) is 24.9 Å². The van der Waals surface area contributed by atoms with E-state index in [9.17, 15) is 13.2 Å². The van der Waals surface area contributed by atoms with E-state index in [-0.39, 0.29) is 5.41 Å². The Labute approximate surface area is 103 Å². The summed E-state index contributed by atoms with van der Waals surface area (Å²) in [6.07, 6.45) is -4.28. The summed E-state index contributed by atoms with van der Waals surface area (Å²) in [6.45, 7) is 4.78. The van der Waals surface area contributed by atoms with Crippen molar-refractivity contribution in [3.8, 4) is 0 Å². The van der Waals surface area contributed by atoms with Crippen LogP contribution in [0, 0.1) is 5.41 Å². The molecule has 17 heavy (non-hydrogen) atoms. The quantitative estimate of drug-likeness (QED) is 0.749. The Hall–Kier alpha value is -0.840. The lowest BCUT2D eigenvalue weighted by Crippen LogP contribution is -2.23. The monoisotopic (exact) mass is 261 g/mol. The molecule has 1 N–H and O–H groups in total. The molecule has 0 aromatic heterocycles. The van der Waals surface area contributed by atoms with Gasteiger partial charge in [-0.25, -0.2) is 0 Å². The molecule has 1 heterocycles. The van der Waals surface area contributed by atoms with E-state index >= 15 is 0 Å². The van der Waals surface area contributed by atoms with Crippen molar-refractivity contribution in [1.82, 2.24) is 0 Å². The number of benzene rings is 1. The predicted molar refractivity (Wildman–Crippen MR) is 64.4 cm³/mol. The molecule has 0 atom stereocenters. The molecule has 0 radical (unpaired) electrons. The van der Waals surface area contributed by atoms with Gasteiger partial charge in [-0.05, 0) is 17.5 Å². The Morgan fingerprint density at radius 1 is 1.29 bits per heavy atom. The third-order valence-corrected chi connectivity index (χ3v) is 4.34. The number of alkyl halides is 3. The lowest BCUT2D eigenvalue weighted by Gasteiger charge is -2.21. The summed E-state index contributed by atoms with van der Waals surface area (Å²) in [4.78, 5) is 0.325. The van der Waals surface area contributed by atoms with Crippen molar-refractivity contribution < 1.29 is 13.2 Å². The van der Waals surface area contributed by atoms with Crippen molar-refractivity contribution in [1.29, 1.82) is 0 Å². The average molecular weight is 261 g/mol. The molecule has 2 rings (SSSR count). The number of hydrogen-bond donors (Lipinski definition) is 1. The van der Waals surface area contributed by atoms with E-state index in [1.807, 2.05) is 13.8 Å². The predicted octanol–water partition coefficient (Wildman–Crippen LogP) is 4.25. The summed E-state index contributed by atoms with van der Waals surface area (Å²) in [5, 5.41) is 3.11. The van der Waals surface area contributed by atoms with Gasteiger partial charge in [0.05, 0.1) is 5.56 Å². The number of anilines is 1. The lowest BCUT2D eigenvalue weighted by atomic mass is 9.96. The van der Waals surface area contributed by atoms with Crippen LogP contribution in [0.25, 0.3) is 0 Å². The first-order valence-electron chi connectivity index (χ1n) is 5.36. The third-order valence-electron chi connectivity index (χ3n) is 2.69. The molecule has 1 aromatic carbocycles. The van der Waals surface area contributed by atoms with Gasteiger partial charge in [0.25, 0.3) is 0 Å². The zero-order valence-corrected chi connectivity index (χ0v) is 10.5. The molecule has 0 unspecified atom stereocenters. The second-order valence-corrected chi connectivity index (χ2v) is 5.97. The molecule has 0 spiro atoms. The fourth-order valence-electron chi connectivity index (χ4n) is 1.71. The standard InChI is InChI=1S/C12H14F3NS/c1-11(2)6-16-9-5-3-4-8(12(13,14)15)10(9)17-7-11/h3-5,16H,6-7H2,1-2H3. The van der Waals surface area contributed by atoms with Crippen LogP contribution in [0.4, 0.5) is 18.9 Å². The minimum atomic E-state index is -4.28. The van der Waals surface area contributed by atoms with Crippen molar-refractivity contribution in [2.24, 2.45) is 5.41 Å². The minimum Gasteiger partial charge on any atom is -0.384 e. The van der Waals surface area contributed by atoms with Crippen molar-refractivity contribution in [3.63, 3.8) is 0 Å². The molecule has 1 aliphatic rings. The van der Waals surface area contributed by atoms with Crippen LogP contribution in [0.5, 0.6) is 0 Å². The van der Waals surface area contributed by atoms with E-state index in [0.717, 1.165) is 6.07 Å². The first kappa shape index (κ1) is 12.6. The van der Waals surface area contributed by atoms with Gasteiger partial charge in [0.2, 0.25) is 0 Å². The average Bonchev–Trinajstić information content (AvgIpc) is 2.36. The second-order valence-electron chi connectivity index (χ2n) is 4.99. The van der Waals surface area contributed by atoms with E-state index in [1.54, 1.807) is 6.07 Å². The van der Waals surface area contributed by atoms with Crippen molar-refractivity contribution >= 4 is 17.4 Å². The van der Waals surface area contributed by atoms with Crippen molar-refractivity contribution in [2.75, 3.05) is 17.6 Å². The zero-order chi connectivity index (χ0) is 12.7. The molecule has 1 aliphatic heterocycles. The van der Waals surface area contributed by atoms with Crippen molar-refractivity contribution in [3.05, 3.63) is 23.8 Å². The van der Waals surface area contributed by atoms with E-state index in [0.29, 0.717) is 22.9 Å². The summed E-state index contributed by atoms with van der Waals surface area (Å²) >= 11 is 1.29. The van der Waals surface area contributed by atoms with E-state index in [1.165, 1.54) is 17.8 Å². The Kier molecular flexibility index (Phi) is 3.06. The van der Waals surface area contributed by atoms with Gasteiger partial charge in [-0.2, -0.15) is 13.2 Å². The van der Waals surface area contributed by atoms with Crippen LogP contribution in [0.1, 0.15) is 19.4 Å². The molecule has 0 fully saturated rings. The fourth-order valence-corrected chi connectivity index (χ4v) is 2.98. The number of nitrogens with one attached hydrogen (secondary N) is 1. The highest BCUT2D eigenvalue weighted by molar-refractivity contribution is 7.99. The molecule has 0 saturated carbocycles. The summed E-state index contributed by atoms with van der Waals surface area (Å²) in [6, 6.07) is 4.30. The maximum absolute atomic E-state index is 12.9. The van der Waals surface area contributed by atoms with Gasteiger partial charge in [-0.3, -0.25) is 0 Å². The summed E-state index contributed by atoms with van der Waals surface area (Å²) in [7, 11) is 0. The molecule has 0 bridgehead atoms. The topological polar surface area (TPSA) is 12.0 Å². The number of rotatable bonds is 0. The molecule has 0 aliphatic carbocycles. The number of thioether (sulfide) groups is 1. The third kappa shape index (κ3) is 2.70. The molecule has 0 saturated heterocycles. The SMILES string of the molecule is CC1(C)CNc2cccc(C(F)(F)F)c2SC1. The number of fused-ring (bicyclic) bond motifs is 1. The molecule has 5 heteroatoms. The first-order valence-corrected chi connectivity index (χ1v) is 6.35. The molecular weight excluding hydrogens is 247 g/mol.